The number of hydrogen-bond acceptors (Lipinski definition) is 2. The molecule has 2 atom stereocenters. The predicted molar refractivity (Wildman–Crippen MR) is 52.2 cm³/mol. The van der Waals surface area contributed by atoms with Gasteiger partial charge in [0.2, 0.25) is 0 Å². The fraction of sp³-hybridized carbons (Fsp3) is 0.875. The van der Waals surface area contributed by atoms with Crippen LogP contribution < -0.4 is 0 Å². The molecule has 0 aromatic carbocycles. The Hall–Kier alpha value is -0.380. The van der Waals surface area contributed by atoms with Gasteiger partial charge in [-0.3, -0.25) is 9.36 Å². The molecule has 0 aromatic heterocycles. The summed E-state index contributed by atoms with van der Waals surface area (Å²) < 4.78 is 10.7. The Bertz CT molecular complexity index is 232. The molecule has 0 aliphatic rings. The highest BCUT2D eigenvalue weighted by molar-refractivity contribution is 7.52. The molecule has 6 heteroatoms. The zero-order valence-electron chi connectivity index (χ0n) is 8.38. The summed E-state index contributed by atoms with van der Waals surface area (Å²) in [6.45, 7) is 3.19. The normalized spacial score (nSPS) is 16.3. The van der Waals surface area contributed by atoms with Gasteiger partial charge in [0, 0.05) is 0 Å². The van der Waals surface area contributed by atoms with E-state index in [1.54, 1.807) is 6.92 Å². The van der Waals surface area contributed by atoms with Crippen molar-refractivity contribution in [2.75, 3.05) is 0 Å². The van der Waals surface area contributed by atoms with E-state index >= 15 is 0 Å². The van der Waals surface area contributed by atoms with Gasteiger partial charge in [-0.2, -0.15) is 0 Å². The van der Waals surface area contributed by atoms with Gasteiger partial charge in [0.05, 0.1) is 11.6 Å². The van der Waals surface area contributed by atoms with Crippen LogP contribution in [0.5, 0.6) is 0 Å². The fourth-order valence-corrected chi connectivity index (χ4v) is 1.60. The van der Waals surface area contributed by atoms with Gasteiger partial charge in [-0.15, -0.1) is 0 Å². The molecule has 84 valence electrons. The SMILES string of the molecule is CCC(CCC(C)P(=O)(O)O)C(=O)O. The highest BCUT2D eigenvalue weighted by Gasteiger charge is 2.25. The fourth-order valence-electron chi connectivity index (χ4n) is 1.11. The van der Waals surface area contributed by atoms with Gasteiger partial charge in [0.15, 0.2) is 0 Å². The highest BCUT2D eigenvalue weighted by atomic mass is 31.2. The second-order valence-electron chi connectivity index (χ2n) is 3.46. The van der Waals surface area contributed by atoms with Crippen LogP contribution in [0.4, 0.5) is 0 Å². The topological polar surface area (TPSA) is 94.8 Å². The maximum absolute atomic E-state index is 10.7. The first-order valence-corrected chi connectivity index (χ1v) is 6.25. The van der Waals surface area contributed by atoms with E-state index in [1.807, 2.05) is 0 Å². The number of aliphatic carboxylic acids is 1. The van der Waals surface area contributed by atoms with Crippen molar-refractivity contribution < 1.29 is 24.3 Å². The van der Waals surface area contributed by atoms with E-state index in [1.165, 1.54) is 6.92 Å². The van der Waals surface area contributed by atoms with Crippen LogP contribution in [-0.2, 0) is 9.36 Å². The standard InChI is InChI=1S/C8H17O5P/c1-3-7(8(9)10)5-4-6(2)14(11,12)13/h6-7H,3-5H2,1-2H3,(H,9,10)(H2,11,12,13). The molecule has 0 spiro atoms. The van der Waals surface area contributed by atoms with Crippen LogP contribution in [0.3, 0.4) is 0 Å². The lowest BCUT2D eigenvalue weighted by Gasteiger charge is -2.15. The Morgan fingerprint density at radius 1 is 1.36 bits per heavy atom. The molecule has 0 saturated carbocycles. The first-order chi connectivity index (χ1) is 6.29. The summed E-state index contributed by atoms with van der Waals surface area (Å²) in [4.78, 5) is 28.1. The van der Waals surface area contributed by atoms with E-state index in [0.29, 0.717) is 12.8 Å². The summed E-state index contributed by atoms with van der Waals surface area (Å²) in [6.07, 6.45) is 1.05. The Kier molecular flexibility index (Phi) is 5.34. The molecule has 0 saturated heterocycles. The lowest BCUT2D eigenvalue weighted by Crippen LogP contribution is -2.15. The van der Waals surface area contributed by atoms with Crippen LogP contribution in [0.1, 0.15) is 33.1 Å². The molecule has 0 aromatic rings. The van der Waals surface area contributed by atoms with Crippen molar-refractivity contribution in [1.82, 2.24) is 0 Å². The average molecular weight is 224 g/mol. The molecule has 0 rings (SSSR count). The third kappa shape index (κ3) is 4.74. The summed E-state index contributed by atoms with van der Waals surface area (Å²) in [6, 6.07) is 0. The van der Waals surface area contributed by atoms with E-state index in [9.17, 15) is 9.36 Å². The first-order valence-electron chi connectivity index (χ1n) is 4.57. The van der Waals surface area contributed by atoms with Crippen molar-refractivity contribution in [3.63, 3.8) is 0 Å². The van der Waals surface area contributed by atoms with Gasteiger partial charge < -0.3 is 14.9 Å². The molecule has 0 radical (unpaired) electrons. The number of hydrogen-bond donors (Lipinski definition) is 3. The lowest BCUT2D eigenvalue weighted by atomic mass is 10.00. The van der Waals surface area contributed by atoms with E-state index in [-0.39, 0.29) is 6.42 Å². The van der Waals surface area contributed by atoms with E-state index in [2.05, 4.69) is 0 Å². The minimum atomic E-state index is -4.05. The number of rotatable bonds is 6. The molecule has 5 nitrogen and oxygen atoms in total. The Balaban J connectivity index is 4.04. The van der Waals surface area contributed by atoms with Crippen molar-refractivity contribution in [2.24, 2.45) is 5.92 Å². The minimum Gasteiger partial charge on any atom is -0.481 e. The number of carboxylic acids is 1. The van der Waals surface area contributed by atoms with E-state index in [0.717, 1.165) is 0 Å². The van der Waals surface area contributed by atoms with E-state index < -0.39 is 25.1 Å². The quantitative estimate of drug-likeness (QED) is 0.593. The van der Waals surface area contributed by atoms with E-state index in [4.69, 9.17) is 14.9 Å². The maximum Gasteiger partial charge on any atom is 0.328 e. The molecule has 2 unspecified atom stereocenters. The van der Waals surface area contributed by atoms with Gasteiger partial charge in [0.25, 0.3) is 0 Å². The molecule has 0 aliphatic carbocycles. The molecule has 0 heterocycles. The summed E-state index contributed by atoms with van der Waals surface area (Å²) in [5.74, 6) is -1.39. The zero-order chi connectivity index (χ0) is 11.4. The smallest absolute Gasteiger partial charge is 0.328 e. The van der Waals surface area contributed by atoms with Crippen molar-refractivity contribution in [2.45, 2.75) is 38.8 Å². The molecule has 0 aliphatic heterocycles. The van der Waals surface area contributed by atoms with Crippen molar-refractivity contribution in [1.29, 1.82) is 0 Å². The highest BCUT2D eigenvalue weighted by Crippen LogP contribution is 2.43. The summed E-state index contributed by atoms with van der Waals surface area (Å²) in [7, 11) is -4.05. The predicted octanol–water partition coefficient (Wildman–Crippen LogP) is 1.44. The third-order valence-electron chi connectivity index (χ3n) is 2.35. The second kappa shape index (κ2) is 5.49. The van der Waals surface area contributed by atoms with Crippen molar-refractivity contribution >= 4 is 13.6 Å². The number of carboxylic acid groups (broad SMARTS) is 1. The zero-order valence-corrected chi connectivity index (χ0v) is 9.28. The number of carbonyl (C=O) groups is 1. The third-order valence-corrected chi connectivity index (χ3v) is 3.76. The summed E-state index contributed by atoms with van der Waals surface area (Å²) in [5, 5.41) is 8.69. The maximum atomic E-state index is 10.7. The monoisotopic (exact) mass is 224 g/mol. The lowest BCUT2D eigenvalue weighted by molar-refractivity contribution is -0.142. The molecular weight excluding hydrogens is 207 g/mol. The Labute approximate surface area is 83.3 Å². The van der Waals surface area contributed by atoms with Gasteiger partial charge in [-0.1, -0.05) is 13.8 Å². The molecule has 3 N–H and O–H groups in total. The van der Waals surface area contributed by atoms with Crippen molar-refractivity contribution in [3.05, 3.63) is 0 Å². The van der Waals surface area contributed by atoms with Crippen molar-refractivity contribution in [3.8, 4) is 0 Å². The van der Waals surface area contributed by atoms with Crippen LogP contribution in [0, 0.1) is 5.92 Å². The molecule has 14 heavy (non-hydrogen) atoms. The van der Waals surface area contributed by atoms with Gasteiger partial charge in [-0.25, -0.2) is 0 Å². The summed E-state index contributed by atoms with van der Waals surface area (Å²) in [5.41, 5.74) is -0.754. The van der Waals surface area contributed by atoms with Crippen LogP contribution in [0.2, 0.25) is 0 Å². The minimum absolute atomic E-state index is 0.245. The van der Waals surface area contributed by atoms with Crippen LogP contribution >= 0.6 is 7.60 Å². The molecule has 0 fully saturated rings. The largest absolute Gasteiger partial charge is 0.481 e. The van der Waals surface area contributed by atoms with Gasteiger partial charge >= 0.3 is 13.6 Å². The van der Waals surface area contributed by atoms with Crippen LogP contribution in [-0.4, -0.2) is 26.5 Å². The second-order valence-corrected chi connectivity index (χ2v) is 5.52. The molecule has 0 amide bonds. The van der Waals surface area contributed by atoms with Crippen LogP contribution in [0.15, 0.2) is 0 Å². The van der Waals surface area contributed by atoms with Gasteiger partial charge in [-0.05, 0) is 19.3 Å². The average Bonchev–Trinajstić information content (AvgIpc) is 2.02. The Morgan fingerprint density at radius 2 is 1.86 bits per heavy atom. The first kappa shape index (κ1) is 13.6. The summed E-state index contributed by atoms with van der Waals surface area (Å²) >= 11 is 0. The molecule has 0 bridgehead atoms. The van der Waals surface area contributed by atoms with Crippen LogP contribution in [0.25, 0.3) is 0 Å². The Morgan fingerprint density at radius 3 is 2.14 bits per heavy atom. The van der Waals surface area contributed by atoms with Gasteiger partial charge in [0.1, 0.15) is 0 Å². The molecular formula is C8H17O5P.